The van der Waals surface area contributed by atoms with Crippen LogP contribution in [0.3, 0.4) is 0 Å². The highest BCUT2D eigenvalue weighted by Crippen LogP contribution is 2.21. The third-order valence-corrected chi connectivity index (χ3v) is 6.95. The first-order chi connectivity index (χ1) is 16.8. The Morgan fingerprint density at radius 2 is 1.03 bits per heavy atom. The lowest BCUT2D eigenvalue weighted by atomic mass is 9.94. The van der Waals surface area contributed by atoms with Gasteiger partial charge in [0.1, 0.15) is 0 Å². The molecule has 0 aromatic heterocycles. The van der Waals surface area contributed by atoms with E-state index in [2.05, 4.69) is 6.92 Å². The van der Waals surface area contributed by atoms with Crippen LogP contribution in [0.4, 0.5) is 0 Å². The summed E-state index contributed by atoms with van der Waals surface area (Å²) in [4.78, 5) is 22.8. The number of esters is 1. The van der Waals surface area contributed by atoms with Gasteiger partial charge in [-0.15, -0.1) is 0 Å². The minimum Gasteiger partial charge on any atom is -0.481 e. The molecule has 1 unspecified atom stereocenters. The SMILES string of the molecule is CCCCCCCCCCC(CCCCCCCCCCCCCC(=O)O)C(=O)OCS(=O)(=O)O. The number of rotatable bonds is 26. The maximum Gasteiger partial charge on any atom is 0.310 e. The number of ether oxygens (including phenoxy) is 1. The number of carbonyl (C=O) groups is 2. The second kappa shape index (κ2) is 23.3. The van der Waals surface area contributed by atoms with Crippen LogP contribution in [0.15, 0.2) is 0 Å². The van der Waals surface area contributed by atoms with Crippen molar-refractivity contribution in [3.8, 4) is 0 Å². The Balaban J connectivity index is 3.96. The van der Waals surface area contributed by atoms with Crippen LogP contribution < -0.4 is 0 Å². The Morgan fingerprint density at radius 1 is 0.657 bits per heavy atom. The van der Waals surface area contributed by atoms with Crippen molar-refractivity contribution in [3.63, 3.8) is 0 Å². The van der Waals surface area contributed by atoms with Gasteiger partial charge in [0.2, 0.25) is 5.94 Å². The topological polar surface area (TPSA) is 118 Å². The fourth-order valence-electron chi connectivity index (χ4n) is 4.41. The predicted molar refractivity (Wildman–Crippen MR) is 141 cm³/mol. The van der Waals surface area contributed by atoms with Crippen LogP contribution in [0.25, 0.3) is 0 Å². The first kappa shape index (κ1) is 33.8. The lowest BCUT2D eigenvalue weighted by Crippen LogP contribution is -2.21. The molecule has 0 aromatic carbocycles. The molecule has 0 radical (unpaired) electrons. The van der Waals surface area contributed by atoms with E-state index >= 15 is 0 Å². The van der Waals surface area contributed by atoms with Gasteiger partial charge in [0.25, 0.3) is 0 Å². The lowest BCUT2D eigenvalue weighted by molar-refractivity contribution is -0.147. The second-order valence-corrected chi connectivity index (χ2v) is 11.3. The van der Waals surface area contributed by atoms with E-state index in [1.165, 1.54) is 70.6 Å². The Bertz CT molecular complexity index is 619. The zero-order valence-corrected chi connectivity index (χ0v) is 23.0. The van der Waals surface area contributed by atoms with E-state index in [9.17, 15) is 18.0 Å². The van der Waals surface area contributed by atoms with E-state index in [1.807, 2.05) is 0 Å². The van der Waals surface area contributed by atoms with Crippen LogP contribution in [0.2, 0.25) is 0 Å². The molecule has 8 heteroatoms. The zero-order chi connectivity index (χ0) is 26.2. The fourth-order valence-corrected chi connectivity index (χ4v) is 4.68. The van der Waals surface area contributed by atoms with Crippen molar-refractivity contribution in [1.82, 2.24) is 0 Å². The molecular weight excluding hydrogens is 468 g/mol. The molecular formula is C27H52O7S. The number of aliphatic carboxylic acids is 1. The van der Waals surface area contributed by atoms with Gasteiger partial charge < -0.3 is 9.84 Å². The molecule has 2 N–H and O–H groups in total. The van der Waals surface area contributed by atoms with Crippen LogP contribution in [0.5, 0.6) is 0 Å². The summed E-state index contributed by atoms with van der Waals surface area (Å²) in [6.07, 6.45) is 23.1. The second-order valence-electron chi connectivity index (χ2n) is 9.95. The summed E-state index contributed by atoms with van der Waals surface area (Å²) in [5.41, 5.74) is 0. The van der Waals surface area contributed by atoms with Gasteiger partial charge in [-0.2, -0.15) is 8.42 Å². The largest absolute Gasteiger partial charge is 0.481 e. The first-order valence-electron chi connectivity index (χ1n) is 14.1. The Hall–Kier alpha value is -1.15. The summed E-state index contributed by atoms with van der Waals surface area (Å²) in [7, 11) is -4.31. The van der Waals surface area contributed by atoms with E-state index in [0.717, 1.165) is 51.4 Å². The zero-order valence-electron chi connectivity index (χ0n) is 22.2. The molecule has 208 valence electrons. The van der Waals surface area contributed by atoms with Gasteiger partial charge in [0.05, 0.1) is 5.92 Å². The van der Waals surface area contributed by atoms with Gasteiger partial charge in [-0.3, -0.25) is 14.1 Å². The fraction of sp³-hybridized carbons (Fsp3) is 0.926. The Labute approximate surface area is 214 Å². The van der Waals surface area contributed by atoms with E-state index in [-0.39, 0.29) is 12.3 Å². The van der Waals surface area contributed by atoms with Crippen molar-refractivity contribution >= 4 is 22.1 Å². The molecule has 35 heavy (non-hydrogen) atoms. The molecule has 0 aliphatic rings. The summed E-state index contributed by atoms with van der Waals surface area (Å²) < 4.78 is 35.6. The predicted octanol–water partition coefficient (Wildman–Crippen LogP) is 7.68. The van der Waals surface area contributed by atoms with Crippen molar-refractivity contribution in [2.45, 2.75) is 148 Å². The van der Waals surface area contributed by atoms with Crippen molar-refractivity contribution in [3.05, 3.63) is 0 Å². The van der Waals surface area contributed by atoms with Crippen LogP contribution in [-0.4, -0.2) is 36.0 Å². The van der Waals surface area contributed by atoms with Gasteiger partial charge in [-0.25, -0.2) is 0 Å². The first-order valence-corrected chi connectivity index (χ1v) is 15.7. The monoisotopic (exact) mass is 520 g/mol. The molecule has 0 aliphatic heterocycles. The van der Waals surface area contributed by atoms with Crippen molar-refractivity contribution in [1.29, 1.82) is 0 Å². The molecule has 0 aliphatic carbocycles. The van der Waals surface area contributed by atoms with Crippen molar-refractivity contribution in [2.75, 3.05) is 5.94 Å². The Morgan fingerprint density at radius 3 is 1.40 bits per heavy atom. The molecule has 0 saturated heterocycles. The number of unbranched alkanes of at least 4 members (excludes halogenated alkanes) is 17. The van der Waals surface area contributed by atoms with Crippen LogP contribution >= 0.6 is 0 Å². The molecule has 0 heterocycles. The number of carboxylic acids is 1. The van der Waals surface area contributed by atoms with E-state index in [1.54, 1.807) is 0 Å². The van der Waals surface area contributed by atoms with Crippen LogP contribution in [0, 0.1) is 5.92 Å². The molecule has 0 rings (SSSR count). The summed E-state index contributed by atoms with van der Waals surface area (Å²) >= 11 is 0. The van der Waals surface area contributed by atoms with Crippen LogP contribution in [0.1, 0.15) is 148 Å². The smallest absolute Gasteiger partial charge is 0.310 e. The maximum absolute atomic E-state index is 12.4. The molecule has 1 atom stereocenters. The molecule has 0 fully saturated rings. The average Bonchev–Trinajstić information content (AvgIpc) is 2.80. The van der Waals surface area contributed by atoms with E-state index in [0.29, 0.717) is 12.8 Å². The van der Waals surface area contributed by atoms with Gasteiger partial charge in [-0.05, 0) is 19.3 Å². The highest BCUT2D eigenvalue weighted by molar-refractivity contribution is 7.85. The van der Waals surface area contributed by atoms with Gasteiger partial charge in [0, 0.05) is 6.42 Å². The molecule has 0 amide bonds. The van der Waals surface area contributed by atoms with E-state index < -0.39 is 28.0 Å². The quantitative estimate of drug-likeness (QED) is 0.0682. The van der Waals surface area contributed by atoms with Crippen LogP contribution in [-0.2, 0) is 24.4 Å². The number of hydrogen-bond donors (Lipinski definition) is 2. The van der Waals surface area contributed by atoms with Gasteiger partial charge in [-0.1, -0.05) is 122 Å². The van der Waals surface area contributed by atoms with Gasteiger partial charge >= 0.3 is 22.1 Å². The highest BCUT2D eigenvalue weighted by atomic mass is 32.2. The summed E-state index contributed by atoms with van der Waals surface area (Å²) in [5, 5.41) is 8.62. The molecule has 0 aromatic rings. The Kier molecular flexibility index (Phi) is 22.5. The van der Waals surface area contributed by atoms with Crippen molar-refractivity contribution < 1.29 is 32.4 Å². The third kappa shape index (κ3) is 25.7. The maximum atomic E-state index is 12.4. The third-order valence-electron chi connectivity index (χ3n) is 6.53. The molecule has 0 saturated carbocycles. The molecule has 7 nitrogen and oxygen atoms in total. The highest BCUT2D eigenvalue weighted by Gasteiger charge is 2.21. The molecule has 0 spiro atoms. The standard InChI is InChI=1S/C27H52O7S/c1-2-3-4-5-6-12-15-18-21-25(27(30)34-24-35(31,32)33)22-19-16-13-10-8-7-9-11-14-17-20-23-26(28)29/h25H,2-24H2,1H3,(H,28,29)(H,31,32,33). The molecule has 0 bridgehead atoms. The summed E-state index contributed by atoms with van der Waals surface area (Å²) in [6.45, 7) is 2.21. The van der Waals surface area contributed by atoms with Gasteiger partial charge in [0.15, 0.2) is 0 Å². The van der Waals surface area contributed by atoms with Crippen molar-refractivity contribution in [2.24, 2.45) is 5.92 Å². The number of hydrogen-bond acceptors (Lipinski definition) is 5. The normalized spacial score (nSPS) is 12.5. The lowest BCUT2D eigenvalue weighted by Gasteiger charge is -2.15. The minimum absolute atomic E-state index is 0.276. The number of carbonyl (C=O) groups excluding carboxylic acids is 1. The average molecular weight is 521 g/mol. The van der Waals surface area contributed by atoms with E-state index in [4.69, 9.17) is 14.4 Å². The summed E-state index contributed by atoms with van der Waals surface area (Å²) in [5.74, 6) is -2.47. The number of carboxylic acid groups (broad SMARTS) is 1. The summed E-state index contributed by atoms with van der Waals surface area (Å²) in [6, 6.07) is 0. The minimum atomic E-state index is -4.31.